The van der Waals surface area contributed by atoms with Gasteiger partial charge < -0.3 is 4.90 Å². The van der Waals surface area contributed by atoms with Crippen molar-refractivity contribution in [3.8, 4) is 11.1 Å². The molecule has 0 spiro atoms. The SMILES string of the molecule is CN(C)/C=N\c1c(Cl)cc(/N=C/c2ccc(-c3ccccc3)cc2)cc1Cl. The summed E-state index contributed by atoms with van der Waals surface area (Å²) in [6.45, 7) is 0. The monoisotopic (exact) mass is 395 g/mol. The Kier molecular flexibility index (Phi) is 6.28. The van der Waals surface area contributed by atoms with Crippen molar-refractivity contribution >= 4 is 47.1 Å². The highest BCUT2D eigenvalue weighted by Crippen LogP contribution is 2.37. The number of nitrogens with zero attached hydrogens (tertiary/aromatic N) is 3. The largest absolute Gasteiger partial charge is 0.369 e. The van der Waals surface area contributed by atoms with Gasteiger partial charge in [0.15, 0.2) is 0 Å². The van der Waals surface area contributed by atoms with Crippen LogP contribution in [0.3, 0.4) is 0 Å². The molecule has 0 atom stereocenters. The van der Waals surface area contributed by atoms with E-state index in [0.29, 0.717) is 21.4 Å². The smallest absolute Gasteiger partial charge is 0.102 e. The number of hydrogen-bond donors (Lipinski definition) is 0. The van der Waals surface area contributed by atoms with Crippen molar-refractivity contribution in [2.45, 2.75) is 0 Å². The fraction of sp³-hybridized carbons (Fsp3) is 0.0909. The maximum absolute atomic E-state index is 6.30. The highest BCUT2D eigenvalue weighted by molar-refractivity contribution is 6.39. The molecule has 0 N–H and O–H groups in total. The van der Waals surface area contributed by atoms with Gasteiger partial charge in [0, 0.05) is 20.3 Å². The van der Waals surface area contributed by atoms with Gasteiger partial charge in [-0.2, -0.15) is 0 Å². The van der Waals surface area contributed by atoms with Crippen LogP contribution in [-0.2, 0) is 0 Å². The van der Waals surface area contributed by atoms with E-state index in [4.69, 9.17) is 23.2 Å². The highest BCUT2D eigenvalue weighted by atomic mass is 35.5. The normalized spacial score (nSPS) is 11.4. The molecule has 0 saturated carbocycles. The van der Waals surface area contributed by atoms with Crippen LogP contribution >= 0.6 is 23.2 Å². The molecular formula is C22H19Cl2N3. The van der Waals surface area contributed by atoms with E-state index in [1.54, 1.807) is 24.7 Å². The Hall–Kier alpha value is -2.62. The fourth-order valence-electron chi connectivity index (χ4n) is 2.46. The van der Waals surface area contributed by atoms with Crippen molar-refractivity contribution in [1.82, 2.24) is 4.90 Å². The van der Waals surface area contributed by atoms with Crippen LogP contribution in [0.1, 0.15) is 5.56 Å². The third-order valence-corrected chi connectivity index (χ3v) is 4.38. The topological polar surface area (TPSA) is 28.0 Å². The van der Waals surface area contributed by atoms with E-state index in [2.05, 4.69) is 34.3 Å². The lowest BCUT2D eigenvalue weighted by atomic mass is 10.0. The summed E-state index contributed by atoms with van der Waals surface area (Å²) in [7, 11) is 3.76. The van der Waals surface area contributed by atoms with Crippen LogP contribution in [0.2, 0.25) is 10.0 Å². The minimum absolute atomic E-state index is 0.465. The van der Waals surface area contributed by atoms with Gasteiger partial charge in [0.05, 0.1) is 22.1 Å². The molecule has 0 heterocycles. The van der Waals surface area contributed by atoms with Crippen molar-refractivity contribution in [2.24, 2.45) is 9.98 Å². The molecule has 0 radical (unpaired) electrons. The number of halogens is 2. The lowest BCUT2D eigenvalue weighted by molar-refractivity contribution is 0.643. The van der Waals surface area contributed by atoms with Crippen molar-refractivity contribution in [3.63, 3.8) is 0 Å². The minimum atomic E-state index is 0.465. The summed E-state index contributed by atoms with van der Waals surface area (Å²) in [5.41, 5.74) is 4.58. The molecule has 0 aromatic heterocycles. The van der Waals surface area contributed by atoms with Gasteiger partial charge in [-0.15, -0.1) is 0 Å². The van der Waals surface area contributed by atoms with Gasteiger partial charge in [-0.05, 0) is 28.8 Å². The second-order valence-corrected chi connectivity index (χ2v) is 7.03. The molecule has 3 aromatic carbocycles. The van der Waals surface area contributed by atoms with Gasteiger partial charge in [-0.25, -0.2) is 4.99 Å². The average molecular weight is 396 g/mol. The molecule has 0 unspecified atom stereocenters. The van der Waals surface area contributed by atoms with Gasteiger partial charge in [-0.3, -0.25) is 4.99 Å². The summed E-state index contributed by atoms with van der Waals surface area (Å²) >= 11 is 12.6. The van der Waals surface area contributed by atoms with Crippen LogP contribution in [0.15, 0.2) is 76.7 Å². The first-order valence-electron chi connectivity index (χ1n) is 8.42. The Morgan fingerprint density at radius 1 is 0.778 bits per heavy atom. The van der Waals surface area contributed by atoms with Crippen molar-refractivity contribution in [1.29, 1.82) is 0 Å². The van der Waals surface area contributed by atoms with Gasteiger partial charge in [0.25, 0.3) is 0 Å². The van der Waals surface area contributed by atoms with E-state index in [9.17, 15) is 0 Å². The lowest BCUT2D eigenvalue weighted by Crippen LogP contribution is -2.07. The Morgan fingerprint density at radius 2 is 1.37 bits per heavy atom. The Morgan fingerprint density at radius 3 is 1.96 bits per heavy atom. The molecule has 0 aliphatic rings. The predicted molar refractivity (Wildman–Crippen MR) is 117 cm³/mol. The van der Waals surface area contributed by atoms with Gasteiger partial charge in [0.1, 0.15) is 5.69 Å². The average Bonchev–Trinajstić information content (AvgIpc) is 2.66. The second-order valence-electron chi connectivity index (χ2n) is 6.21. The molecular weight excluding hydrogens is 377 g/mol. The molecule has 3 aromatic rings. The zero-order chi connectivity index (χ0) is 19.2. The van der Waals surface area contributed by atoms with Crippen LogP contribution in [0, 0.1) is 0 Å². The molecule has 0 aliphatic carbocycles. The first kappa shape index (κ1) is 19.2. The molecule has 5 heteroatoms. The van der Waals surface area contributed by atoms with Gasteiger partial charge in [-0.1, -0.05) is 77.8 Å². The Balaban J connectivity index is 1.78. The van der Waals surface area contributed by atoms with E-state index in [1.807, 2.05) is 49.3 Å². The van der Waals surface area contributed by atoms with Crippen LogP contribution in [0.25, 0.3) is 11.1 Å². The number of hydrogen-bond acceptors (Lipinski definition) is 2. The zero-order valence-electron chi connectivity index (χ0n) is 15.1. The van der Waals surface area contributed by atoms with Crippen LogP contribution in [0.4, 0.5) is 11.4 Å². The molecule has 3 rings (SSSR count). The summed E-state index contributed by atoms with van der Waals surface area (Å²) in [6.07, 6.45) is 3.45. The van der Waals surface area contributed by atoms with Crippen molar-refractivity contribution in [2.75, 3.05) is 14.1 Å². The number of aliphatic imine (C=N–C) groups is 2. The molecule has 0 amide bonds. The minimum Gasteiger partial charge on any atom is -0.369 e. The summed E-state index contributed by atoms with van der Waals surface area (Å²) in [5, 5.41) is 0.930. The van der Waals surface area contributed by atoms with Crippen LogP contribution in [-0.4, -0.2) is 31.5 Å². The van der Waals surface area contributed by atoms with Crippen molar-refractivity contribution < 1.29 is 0 Å². The van der Waals surface area contributed by atoms with E-state index in [-0.39, 0.29) is 0 Å². The molecule has 0 aliphatic heterocycles. The quantitative estimate of drug-likeness (QED) is 0.351. The van der Waals surface area contributed by atoms with Crippen LogP contribution in [0.5, 0.6) is 0 Å². The molecule has 3 nitrogen and oxygen atoms in total. The van der Waals surface area contributed by atoms with E-state index >= 15 is 0 Å². The van der Waals surface area contributed by atoms with Gasteiger partial charge >= 0.3 is 0 Å². The molecule has 0 saturated heterocycles. The third-order valence-electron chi connectivity index (χ3n) is 3.80. The predicted octanol–water partition coefficient (Wildman–Crippen LogP) is 6.63. The number of rotatable bonds is 5. The van der Waals surface area contributed by atoms with E-state index < -0.39 is 0 Å². The molecule has 27 heavy (non-hydrogen) atoms. The molecule has 0 bridgehead atoms. The van der Waals surface area contributed by atoms with Gasteiger partial charge in [0.2, 0.25) is 0 Å². The van der Waals surface area contributed by atoms with Crippen molar-refractivity contribution in [3.05, 3.63) is 82.3 Å². The fourth-order valence-corrected chi connectivity index (χ4v) is 3.04. The summed E-state index contributed by atoms with van der Waals surface area (Å²) in [5.74, 6) is 0. The molecule has 136 valence electrons. The van der Waals surface area contributed by atoms with E-state index in [1.165, 1.54) is 11.1 Å². The zero-order valence-corrected chi connectivity index (χ0v) is 16.6. The Bertz CT molecular complexity index is 940. The first-order valence-corrected chi connectivity index (χ1v) is 9.18. The standard InChI is InChI=1S/C22H19Cl2N3/c1-27(2)15-26-22-20(23)12-19(13-21(22)24)25-14-16-8-10-18(11-9-16)17-6-4-3-5-7-17/h3-15H,1-2H3/b25-14+,26-15-. The lowest BCUT2D eigenvalue weighted by Gasteiger charge is -2.06. The summed E-state index contributed by atoms with van der Waals surface area (Å²) < 4.78 is 0. The molecule has 0 fully saturated rings. The van der Waals surface area contributed by atoms with E-state index in [0.717, 1.165) is 5.56 Å². The van der Waals surface area contributed by atoms with Crippen LogP contribution < -0.4 is 0 Å². The summed E-state index contributed by atoms with van der Waals surface area (Å²) in [4.78, 5) is 10.6. The number of benzene rings is 3. The summed E-state index contributed by atoms with van der Waals surface area (Å²) in [6, 6.07) is 22.0. The second kappa shape index (κ2) is 8.85. The Labute approximate surface area is 169 Å². The third kappa shape index (κ3) is 5.19. The highest BCUT2D eigenvalue weighted by Gasteiger charge is 2.07. The first-order chi connectivity index (χ1) is 13.0. The maximum atomic E-state index is 6.30. The maximum Gasteiger partial charge on any atom is 0.102 e.